The van der Waals surface area contributed by atoms with Gasteiger partial charge in [-0.15, -0.1) is 0 Å². The molecule has 4 aromatic rings. The zero-order chi connectivity index (χ0) is 49.3. The summed E-state index contributed by atoms with van der Waals surface area (Å²) in [5.74, 6) is 3.01. The Morgan fingerprint density at radius 3 is 1.70 bits per heavy atom. The molecule has 2 aliphatic heterocycles. The predicted octanol–water partition coefficient (Wildman–Crippen LogP) is 12.8. The molecule has 0 radical (unpaired) electrons. The van der Waals surface area contributed by atoms with Crippen LogP contribution < -0.4 is 14.8 Å². The number of hydrogen-bond acceptors (Lipinski definition) is 8. The monoisotopic (exact) mass is 951 g/mol. The molecular weight excluding hydrogens is 875 g/mol. The van der Waals surface area contributed by atoms with Crippen LogP contribution in [0.2, 0.25) is 0 Å². The van der Waals surface area contributed by atoms with Gasteiger partial charge in [-0.3, -0.25) is 19.3 Å². The molecule has 11 heteroatoms. The van der Waals surface area contributed by atoms with Gasteiger partial charge in [-0.2, -0.15) is 0 Å². The van der Waals surface area contributed by atoms with E-state index >= 15 is 4.39 Å². The van der Waals surface area contributed by atoms with Crippen molar-refractivity contribution in [1.82, 2.24) is 10.2 Å². The summed E-state index contributed by atoms with van der Waals surface area (Å²) in [6.45, 7) is 15.1. The number of carboxylic acids is 1. The van der Waals surface area contributed by atoms with Crippen molar-refractivity contribution < 1.29 is 42.5 Å². The molecule has 2 saturated heterocycles. The van der Waals surface area contributed by atoms with Crippen molar-refractivity contribution in [2.24, 2.45) is 35.5 Å². The molecule has 69 heavy (non-hydrogen) atoms. The Morgan fingerprint density at radius 2 is 1.22 bits per heavy atom. The van der Waals surface area contributed by atoms with E-state index in [0.717, 1.165) is 111 Å². The van der Waals surface area contributed by atoms with E-state index in [1.165, 1.54) is 31.7 Å². The van der Waals surface area contributed by atoms with Gasteiger partial charge in [-0.05, 0) is 162 Å². The fraction of sp³-hybridized carbons (Fsp3) is 0.534. The number of halogens is 2. The number of rotatable bonds is 14. The molecule has 4 fully saturated rings. The minimum absolute atomic E-state index is 0.0419. The number of ether oxygens (including phenoxy) is 3. The van der Waals surface area contributed by atoms with Gasteiger partial charge < -0.3 is 24.6 Å². The highest BCUT2D eigenvalue weighted by atomic mass is 19.1. The maximum absolute atomic E-state index is 15.4. The summed E-state index contributed by atoms with van der Waals surface area (Å²) in [6.07, 6.45) is 14.0. The van der Waals surface area contributed by atoms with Crippen molar-refractivity contribution in [3.8, 4) is 33.8 Å². The number of carbonyl (C=O) groups is 3. The summed E-state index contributed by atoms with van der Waals surface area (Å²) in [4.78, 5) is 35.4. The van der Waals surface area contributed by atoms with Gasteiger partial charge in [-0.25, -0.2) is 8.78 Å². The molecule has 2 aliphatic carbocycles. The lowest BCUT2D eigenvalue weighted by Gasteiger charge is -2.31. The van der Waals surface area contributed by atoms with Crippen LogP contribution in [0.15, 0.2) is 84.9 Å². The maximum atomic E-state index is 15.4. The summed E-state index contributed by atoms with van der Waals surface area (Å²) >= 11 is 0. The molecular formula is C58H76F2N2O7. The number of aldehydes is 1. The smallest absolute Gasteiger partial charge is 0.310 e. The number of esters is 1. The first-order valence-electron chi connectivity index (χ1n) is 25.7. The molecule has 0 bridgehead atoms. The SMILES string of the molecule is CC(C)C1CCC(Oc2ccc(-c3cccc(C=O)c3F)cc2)CC1.CC(C)C1CCC(Oc2ccc(-c3cccc(CN4CCCC(C(=O)O)C4)c3F)cc2)CC1.CCOC(=O)C1CCCNC1. The molecule has 8 rings (SSSR count). The van der Waals surface area contributed by atoms with Gasteiger partial charge in [0.1, 0.15) is 23.1 Å². The second-order valence-electron chi connectivity index (χ2n) is 20.2. The van der Waals surface area contributed by atoms with Crippen LogP contribution in [0, 0.1) is 47.1 Å². The molecule has 2 heterocycles. The average molecular weight is 951 g/mol. The van der Waals surface area contributed by atoms with Crippen molar-refractivity contribution in [1.29, 1.82) is 0 Å². The number of hydrogen-bond donors (Lipinski definition) is 2. The summed E-state index contributed by atoms with van der Waals surface area (Å²) in [5, 5.41) is 12.5. The number of carbonyl (C=O) groups excluding carboxylic acids is 2. The van der Waals surface area contributed by atoms with E-state index in [1.54, 1.807) is 24.3 Å². The third-order valence-corrected chi connectivity index (χ3v) is 14.7. The van der Waals surface area contributed by atoms with E-state index < -0.39 is 11.8 Å². The number of piperidine rings is 2. The lowest BCUT2D eigenvalue weighted by molar-refractivity contribution is -0.148. The average Bonchev–Trinajstić information content (AvgIpc) is 3.36. The number of benzene rings is 4. The number of carboxylic acid groups (broad SMARTS) is 1. The largest absolute Gasteiger partial charge is 0.490 e. The van der Waals surface area contributed by atoms with Crippen LogP contribution in [-0.4, -0.2) is 73.2 Å². The van der Waals surface area contributed by atoms with Crippen molar-refractivity contribution in [2.45, 2.75) is 130 Å². The van der Waals surface area contributed by atoms with Gasteiger partial charge >= 0.3 is 11.9 Å². The van der Waals surface area contributed by atoms with Crippen molar-refractivity contribution in [2.75, 3.05) is 32.8 Å². The highest BCUT2D eigenvalue weighted by Gasteiger charge is 2.28. The van der Waals surface area contributed by atoms with Gasteiger partial charge in [0.2, 0.25) is 0 Å². The van der Waals surface area contributed by atoms with Crippen LogP contribution in [-0.2, 0) is 20.9 Å². The van der Waals surface area contributed by atoms with E-state index in [2.05, 4.69) is 37.9 Å². The lowest BCUT2D eigenvalue weighted by atomic mass is 9.80. The van der Waals surface area contributed by atoms with Gasteiger partial charge in [0.15, 0.2) is 6.29 Å². The molecule has 9 nitrogen and oxygen atoms in total. The van der Waals surface area contributed by atoms with E-state index in [-0.39, 0.29) is 41.4 Å². The summed E-state index contributed by atoms with van der Waals surface area (Å²) in [5.41, 5.74) is 3.28. The normalized spacial score (nSPS) is 22.9. The Bertz CT molecular complexity index is 2210. The standard InChI is InChI=1S/C28H36FNO3.C22H25FO2.C8H15NO2/c1-19(2)20-8-12-24(13-9-20)33-25-14-10-21(11-15-25)26-7-3-5-22(27(26)29)17-30-16-4-6-23(18-30)28(31)32;1-15(2)16-6-10-19(11-7-16)25-20-12-8-17(9-13-20)21-5-3-4-18(14-24)22(21)23;1-2-11-8(10)7-4-3-5-9-6-7/h3,5,7,10-11,14-15,19-20,23-24H,4,6,8-9,12-13,16-18H2,1-2H3,(H,31,32);3-5,8-9,12-16,19H,6-7,10-11H2,1-2H3;7,9H,2-6H2,1H3. The summed E-state index contributed by atoms with van der Waals surface area (Å²) < 4.78 is 46.9. The second kappa shape index (κ2) is 26.7. The fourth-order valence-corrected chi connectivity index (χ4v) is 10.3. The molecule has 4 aliphatic rings. The van der Waals surface area contributed by atoms with Gasteiger partial charge in [0.05, 0.1) is 36.2 Å². The Labute approximate surface area is 409 Å². The van der Waals surface area contributed by atoms with Crippen LogP contribution in [0.1, 0.15) is 128 Å². The Kier molecular flexibility index (Phi) is 20.6. The first-order valence-corrected chi connectivity index (χ1v) is 25.7. The van der Waals surface area contributed by atoms with E-state index in [1.807, 2.05) is 61.5 Å². The minimum Gasteiger partial charge on any atom is -0.490 e. The zero-order valence-corrected chi connectivity index (χ0v) is 41.6. The first-order chi connectivity index (χ1) is 33.3. The first kappa shape index (κ1) is 53.2. The molecule has 2 atom stereocenters. The van der Waals surface area contributed by atoms with E-state index in [4.69, 9.17) is 14.2 Å². The number of aliphatic carboxylic acids is 1. The molecule has 374 valence electrons. The molecule has 0 spiro atoms. The van der Waals surface area contributed by atoms with E-state index in [0.29, 0.717) is 49.1 Å². The van der Waals surface area contributed by atoms with Crippen LogP contribution in [0.5, 0.6) is 11.5 Å². The van der Waals surface area contributed by atoms with Gasteiger partial charge in [-0.1, -0.05) is 82.3 Å². The van der Waals surface area contributed by atoms with Crippen LogP contribution in [0.3, 0.4) is 0 Å². The lowest BCUT2D eigenvalue weighted by Crippen LogP contribution is -2.38. The molecule has 0 amide bonds. The molecule has 2 N–H and O–H groups in total. The Balaban J connectivity index is 0.000000191. The maximum Gasteiger partial charge on any atom is 0.310 e. The quantitative estimate of drug-likeness (QED) is 0.0942. The third-order valence-electron chi connectivity index (χ3n) is 14.7. The number of nitrogens with zero attached hydrogens (tertiary/aromatic N) is 1. The highest BCUT2D eigenvalue weighted by Crippen LogP contribution is 2.35. The minimum atomic E-state index is -0.760. The molecule has 4 aromatic carbocycles. The number of nitrogens with one attached hydrogen (secondary N) is 1. The fourth-order valence-electron chi connectivity index (χ4n) is 10.3. The van der Waals surface area contributed by atoms with Crippen LogP contribution in [0.4, 0.5) is 8.78 Å². The zero-order valence-electron chi connectivity index (χ0n) is 41.6. The highest BCUT2D eigenvalue weighted by molar-refractivity contribution is 5.80. The summed E-state index contributed by atoms with van der Waals surface area (Å²) in [7, 11) is 0. The van der Waals surface area contributed by atoms with Crippen molar-refractivity contribution in [3.05, 3.63) is 108 Å². The molecule has 0 aromatic heterocycles. The Morgan fingerprint density at radius 1 is 0.696 bits per heavy atom. The van der Waals surface area contributed by atoms with Crippen molar-refractivity contribution >= 4 is 18.2 Å². The number of likely N-dealkylation sites (tertiary alicyclic amines) is 1. The molecule has 2 saturated carbocycles. The van der Waals surface area contributed by atoms with Crippen LogP contribution >= 0.6 is 0 Å². The second-order valence-corrected chi connectivity index (χ2v) is 20.2. The van der Waals surface area contributed by atoms with Crippen LogP contribution in [0.25, 0.3) is 22.3 Å². The molecule has 2 unspecified atom stereocenters. The Hall–Kier alpha value is -5.13. The third kappa shape index (κ3) is 15.7. The van der Waals surface area contributed by atoms with Gasteiger partial charge in [0, 0.05) is 36.3 Å². The van der Waals surface area contributed by atoms with Gasteiger partial charge in [0.25, 0.3) is 0 Å². The predicted molar refractivity (Wildman–Crippen MR) is 269 cm³/mol. The van der Waals surface area contributed by atoms with E-state index in [9.17, 15) is 23.9 Å². The topological polar surface area (TPSA) is 114 Å². The van der Waals surface area contributed by atoms with Crippen molar-refractivity contribution in [3.63, 3.8) is 0 Å². The summed E-state index contributed by atoms with van der Waals surface area (Å²) in [6, 6.07) is 25.6.